The Hall–Kier alpha value is -3.64. The Balaban J connectivity index is 1.30. The van der Waals surface area contributed by atoms with E-state index in [4.69, 9.17) is 0 Å². The van der Waals surface area contributed by atoms with E-state index in [9.17, 15) is 13.2 Å². The molecule has 0 fully saturated rings. The molecule has 0 unspecified atom stereocenters. The average Bonchev–Trinajstić information content (AvgIpc) is 3.08. The minimum absolute atomic E-state index is 0.0139. The standard InChI is InChI=1S/C28H26N2O3S/c31-27(29(20-22-10-3-1-4-11-22)21-23-12-5-2-6-13-23)18-9-19-30-25-16-7-14-24-15-8-17-26(28(24)25)34(30,32)33/h1-8,10-17H,9,18-21H2. The predicted molar refractivity (Wildman–Crippen MR) is 135 cm³/mol. The van der Waals surface area contributed by atoms with Crippen LogP contribution >= 0.6 is 0 Å². The van der Waals surface area contributed by atoms with E-state index in [2.05, 4.69) is 0 Å². The molecule has 4 aromatic rings. The summed E-state index contributed by atoms with van der Waals surface area (Å²) in [6, 6.07) is 30.9. The van der Waals surface area contributed by atoms with Crippen LogP contribution in [0.1, 0.15) is 24.0 Å². The van der Waals surface area contributed by atoms with Crippen LogP contribution in [0.5, 0.6) is 0 Å². The highest BCUT2D eigenvalue weighted by molar-refractivity contribution is 7.93. The zero-order valence-corrected chi connectivity index (χ0v) is 19.6. The second kappa shape index (κ2) is 9.31. The fraction of sp³-hybridized carbons (Fsp3) is 0.179. The number of nitrogens with zero attached hydrogens (tertiary/aromatic N) is 2. The van der Waals surface area contributed by atoms with Crippen molar-refractivity contribution in [2.24, 2.45) is 0 Å². The first kappa shape index (κ1) is 22.2. The third kappa shape index (κ3) is 4.29. The maximum Gasteiger partial charge on any atom is 0.265 e. The molecule has 0 radical (unpaired) electrons. The zero-order chi connectivity index (χ0) is 23.5. The Kier molecular flexibility index (Phi) is 6.07. The second-order valence-corrected chi connectivity index (χ2v) is 10.4. The van der Waals surface area contributed by atoms with Gasteiger partial charge in [0.25, 0.3) is 10.0 Å². The number of hydrogen-bond donors (Lipinski definition) is 0. The molecule has 0 aliphatic carbocycles. The molecule has 172 valence electrons. The van der Waals surface area contributed by atoms with Gasteiger partial charge in [-0.25, -0.2) is 8.42 Å². The quantitative estimate of drug-likeness (QED) is 0.348. The van der Waals surface area contributed by atoms with Gasteiger partial charge in [0, 0.05) is 31.4 Å². The molecule has 0 saturated heterocycles. The molecule has 6 heteroatoms. The van der Waals surface area contributed by atoms with Crippen molar-refractivity contribution in [2.45, 2.75) is 30.8 Å². The lowest BCUT2D eigenvalue weighted by molar-refractivity contribution is -0.132. The molecule has 0 atom stereocenters. The van der Waals surface area contributed by atoms with Crippen LogP contribution in [0.15, 0.2) is 102 Å². The molecule has 5 rings (SSSR count). The van der Waals surface area contributed by atoms with Gasteiger partial charge in [-0.1, -0.05) is 84.9 Å². The average molecular weight is 471 g/mol. The van der Waals surface area contributed by atoms with Gasteiger partial charge in [-0.2, -0.15) is 0 Å². The largest absolute Gasteiger partial charge is 0.334 e. The number of rotatable bonds is 8. The summed E-state index contributed by atoms with van der Waals surface area (Å²) >= 11 is 0. The van der Waals surface area contributed by atoms with Crippen LogP contribution in [0.4, 0.5) is 5.69 Å². The summed E-state index contributed by atoms with van der Waals surface area (Å²) in [4.78, 5) is 15.4. The Morgan fingerprint density at radius 2 is 1.32 bits per heavy atom. The summed E-state index contributed by atoms with van der Waals surface area (Å²) in [5.41, 5.74) is 2.83. The minimum Gasteiger partial charge on any atom is -0.334 e. The molecule has 1 aliphatic heterocycles. The summed E-state index contributed by atoms with van der Waals surface area (Å²) in [6.07, 6.45) is 0.723. The summed E-state index contributed by atoms with van der Waals surface area (Å²) in [5.74, 6) is 0.0139. The number of hydrogen-bond acceptors (Lipinski definition) is 3. The first-order valence-corrected chi connectivity index (χ1v) is 12.9. The van der Waals surface area contributed by atoms with Crippen LogP contribution < -0.4 is 4.31 Å². The van der Waals surface area contributed by atoms with Crippen LogP contribution in [0.25, 0.3) is 10.8 Å². The molecule has 0 saturated carbocycles. The Bertz CT molecular complexity index is 1370. The lowest BCUT2D eigenvalue weighted by Gasteiger charge is -2.24. The number of sulfonamides is 1. The van der Waals surface area contributed by atoms with Crippen LogP contribution in [0.3, 0.4) is 0 Å². The lowest BCUT2D eigenvalue weighted by Crippen LogP contribution is -2.32. The van der Waals surface area contributed by atoms with Crippen molar-refractivity contribution in [1.82, 2.24) is 4.90 Å². The van der Waals surface area contributed by atoms with E-state index in [1.54, 1.807) is 12.1 Å². The summed E-state index contributed by atoms with van der Waals surface area (Å²) in [7, 11) is -3.61. The zero-order valence-electron chi connectivity index (χ0n) is 18.8. The predicted octanol–water partition coefficient (Wildman–Crippen LogP) is 5.36. The normalized spacial score (nSPS) is 13.8. The Morgan fingerprint density at radius 1 is 0.735 bits per heavy atom. The van der Waals surface area contributed by atoms with Gasteiger partial charge in [0.1, 0.15) is 0 Å². The number of amides is 1. The molecular weight excluding hydrogens is 444 g/mol. The lowest BCUT2D eigenvalue weighted by atomic mass is 10.1. The fourth-order valence-corrected chi connectivity index (χ4v) is 6.32. The van der Waals surface area contributed by atoms with Gasteiger partial charge in [-0.3, -0.25) is 9.10 Å². The van der Waals surface area contributed by atoms with Gasteiger partial charge in [-0.05, 0) is 35.1 Å². The highest BCUT2D eigenvalue weighted by Crippen LogP contribution is 2.42. The fourth-order valence-electron chi connectivity index (χ4n) is 4.57. The van der Waals surface area contributed by atoms with Crippen molar-refractivity contribution >= 4 is 32.4 Å². The van der Waals surface area contributed by atoms with E-state index in [-0.39, 0.29) is 18.9 Å². The van der Waals surface area contributed by atoms with E-state index in [0.717, 1.165) is 21.9 Å². The first-order valence-electron chi connectivity index (χ1n) is 11.4. The number of benzene rings is 4. The second-order valence-electron chi connectivity index (χ2n) is 8.53. The van der Waals surface area contributed by atoms with Gasteiger partial charge in [0.05, 0.1) is 10.6 Å². The number of carbonyl (C=O) groups is 1. The van der Waals surface area contributed by atoms with Gasteiger partial charge in [0.2, 0.25) is 5.91 Å². The molecular formula is C28H26N2O3S. The van der Waals surface area contributed by atoms with Crippen LogP contribution in [-0.2, 0) is 27.9 Å². The molecule has 1 heterocycles. The number of carbonyl (C=O) groups excluding carboxylic acids is 1. The van der Waals surface area contributed by atoms with Gasteiger partial charge >= 0.3 is 0 Å². The molecule has 1 aliphatic rings. The summed E-state index contributed by atoms with van der Waals surface area (Å²) in [5, 5.41) is 1.68. The number of anilines is 1. The molecule has 0 spiro atoms. The maximum atomic E-state index is 13.3. The van der Waals surface area contributed by atoms with E-state index in [1.165, 1.54) is 4.31 Å². The van der Waals surface area contributed by atoms with E-state index < -0.39 is 10.0 Å². The van der Waals surface area contributed by atoms with Crippen LogP contribution in [0, 0.1) is 0 Å². The van der Waals surface area contributed by atoms with Crippen LogP contribution in [-0.4, -0.2) is 25.8 Å². The minimum atomic E-state index is -3.61. The SMILES string of the molecule is O=C(CCCN1c2cccc3cccc(c23)S1(=O)=O)N(Cc1ccccc1)Cc1ccccc1. The summed E-state index contributed by atoms with van der Waals surface area (Å²) in [6.45, 7) is 1.30. The van der Waals surface area contributed by atoms with Crippen molar-refractivity contribution < 1.29 is 13.2 Å². The molecule has 4 aromatic carbocycles. The van der Waals surface area contributed by atoms with Crippen LogP contribution in [0.2, 0.25) is 0 Å². The summed E-state index contributed by atoms with van der Waals surface area (Å²) < 4.78 is 27.8. The smallest absolute Gasteiger partial charge is 0.265 e. The molecule has 5 nitrogen and oxygen atoms in total. The molecule has 0 aromatic heterocycles. The highest BCUT2D eigenvalue weighted by atomic mass is 32.2. The monoisotopic (exact) mass is 470 g/mol. The third-order valence-corrected chi connectivity index (χ3v) is 8.07. The van der Waals surface area contributed by atoms with E-state index in [0.29, 0.717) is 30.1 Å². The topological polar surface area (TPSA) is 57.7 Å². The van der Waals surface area contributed by atoms with Gasteiger partial charge < -0.3 is 4.90 Å². The van der Waals surface area contributed by atoms with Crippen molar-refractivity contribution in [2.75, 3.05) is 10.8 Å². The molecule has 0 N–H and O–H groups in total. The van der Waals surface area contributed by atoms with Crippen molar-refractivity contribution in [3.05, 3.63) is 108 Å². The van der Waals surface area contributed by atoms with Crippen molar-refractivity contribution in [1.29, 1.82) is 0 Å². The third-order valence-electron chi connectivity index (χ3n) is 6.22. The molecule has 34 heavy (non-hydrogen) atoms. The Labute approximate surface area is 200 Å². The maximum absolute atomic E-state index is 13.3. The van der Waals surface area contributed by atoms with E-state index in [1.807, 2.05) is 89.8 Å². The first-order chi connectivity index (χ1) is 16.5. The Morgan fingerprint density at radius 3 is 1.94 bits per heavy atom. The molecule has 1 amide bonds. The van der Waals surface area contributed by atoms with Crippen molar-refractivity contribution in [3.63, 3.8) is 0 Å². The highest BCUT2D eigenvalue weighted by Gasteiger charge is 2.35. The van der Waals surface area contributed by atoms with Gasteiger partial charge in [0.15, 0.2) is 0 Å². The van der Waals surface area contributed by atoms with Crippen molar-refractivity contribution in [3.8, 4) is 0 Å². The van der Waals surface area contributed by atoms with E-state index >= 15 is 0 Å². The molecule has 0 bridgehead atoms. The van der Waals surface area contributed by atoms with Gasteiger partial charge in [-0.15, -0.1) is 0 Å².